The zero-order chi connectivity index (χ0) is 19.6. The number of fused-ring (bicyclic) bond motifs is 1. The first-order chi connectivity index (χ1) is 12.8. The largest absolute Gasteiger partial charge is 0.573 e. The zero-order valence-corrected chi connectivity index (χ0v) is 15.7. The highest BCUT2D eigenvalue weighted by Gasteiger charge is 2.36. The van der Waals surface area contributed by atoms with Gasteiger partial charge in [-0.2, -0.15) is 0 Å². The van der Waals surface area contributed by atoms with Crippen LogP contribution in [-0.2, 0) is 12.8 Å². The molecule has 1 fully saturated rings. The van der Waals surface area contributed by atoms with Gasteiger partial charge < -0.3 is 4.74 Å². The van der Waals surface area contributed by atoms with Gasteiger partial charge in [-0.15, -0.1) is 13.2 Å². The molecule has 0 amide bonds. The maximum Gasteiger partial charge on any atom is 0.573 e. The molecule has 152 valence electrons. The van der Waals surface area contributed by atoms with Crippen LogP contribution in [0.2, 0.25) is 0 Å². The third-order valence-corrected chi connectivity index (χ3v) is 6.43. The van der Waals surface area contributed by atoms with Crippen LogP contribution in [0.25, 0.3) is 0 Å². The van der Waals surface area contributed by atoms with Gasteiger partial charge in [-0.3, -0.25) is 0 Å². The van der Waals surface area contributed by atoms with Crippen LogP contribution in [0.1, 0.15) is 69.4 Å². The van der Waals surface area contributed by atoms with Crippen LogP contribution in [0.3, 0.4) is 0 Å². The Labute approximate surface area is 157 Å². The van der Waals surface area contributed by atoms with Crippen LogP contribution in [-0.4, -0.2) is 6.36 Å². The first kappa shape index (κ1) is 20.4. The van der Waals surface area contributed by atoms with Crippen LogP contribution >= 0.6 is 0 Å². The van der Waals surface area contributed by atoms with Crippen molar-refractivity contribution in [3.63, 3.8) is 0 Å². The topological polar surface area (TPSA) is 9.23 Å². The maximum absolute atomic E-state index is 14.4. The number of hydrogen-bond donors (Lipinski definition) is 0. The van der Waals surface area contributed by atoms with Gasteiger partial charge in [0.1, 0.15) is 0 Å². The van der Waals surface area contributed by atoms with Gasteiger partial charge in [0.25, 0.3) is 0 Å². The Balaban J connectivity index is 1.60. The highest BCUT2D eigenvalue weighted by atomic mass is 19.4. The van der Waals surface area contributed by atoms with Crippen LogP contribution in [0.4, 0.5) is 22.0 Å². The molecule has 27 heavy (non-hydrogen) atoms. The standard InChI is InChI=1S/C21H27F5O/c1-2-13-3-5-14(6-4-13)7-8-15-9-10-17-16(11-15)12-18(22)20(19(17)23)27-21(24,25)26/h12-15H,2-11H2,1H3. The summed E-state index contributed by atoms with van der Waals surface area (Å²) in [6.45, 7) is 2.24. The molecular formula is C21H27F5O. The van der Waals surface area contributed by atoms with E-state index in [1.807, 2.05) is 0 Å². The minimum atomic E-state index is -5.11. The van der Waals surface area contributed by atoms with E-state index < -0.39 is 23.7 Å². The molecule has 2 aliphatic carbocycles. The molecule has 1 aromatic rings. The molecule has 0 aromatic heterocycles. The number of ether oxygens (including phenoxy) is 1. The summed E-state index contributed by atoms with van der Waals surface area (Å²) in [6.07, 6.45) is 5.02. The molecule has 0 N–H and O–H groups in total. The second kappa shape index (κ2) is 8.36. The molecule has 1 saturated carbocycles. The number of benzene rings is 1. The average Bonchev–Trinajstić information content (AvgIpc) is 2.63. The number of halogens is 5. The second-order valence-electron chi connectivity index (χ2n) is 8.17. The van der Waals surface area contributed by atoms with Crippen molar-refractivity contribution in [1.29, 1.82) is 0 Å². The zero-order valence-electron chi connectivity index (χ0n) is 15.7. The van der Waals surface area contributed by atoms with Crippen LogP contribution in [0.5, 0.6) is 5.75 Å². The minimum absolute atomic E-state index is 0.176. The Morgan fingerprint density at radius 3 is 2.22 bits per heavy atom. The SMILES string of the molecule is CCC1CCC(CCC2CCc3c(cc(F)c(OC(F)(F)F)c3F)C2)CC1. The molecule has 0 bridgehead atoms. The van der Waals surface area contributed by atoms with Gasteiger partial charge in [-0.05, 0) is 60.6 Å². The second-order valence-corrected chi connectivity index (χ2v) is 8.17. The Bertz CT molecular complexity index is 647. The summed E-state index contributed by atoms with van der Waals surface area (Å²) in [5, 5.41) is 0. The summed E-state index contributed by atoms with van der Waals surface area (Å²) < 4.78 is 69.0. The first-order valence-electron chi connectivity index (χ1n) is 10.0. The van der Waals surface area contributed by atoms with Gasteiger partial charge in [0.2, 0.25) is 5.75 Å². The van der Waals surface area contributed by atoms with E-state index in [1.54, 1.807) is 0 Å². The van der Waals surface area contributed by atoms with Crippen molar-refractivity contribution in [2.45, 2.75) is 77.5 Å². The van der Waals surface area contributed by atoms with Crippen molar-refractivity contribution in [2.24, 2.45) is 17.8 Å². The molecule has 6 heteroatoms. The van der Waals surface area contributed by atoms with Crippen LogP contribution in [0, 0.1) is 29.4 Å². The van der Waals surface area contributed by atoms with Gasteiger partial charge >= 0.3 is 6.36 Å². The summed E-state index contributed by atoms with van der Waals surface area (Å²) in [5.41, 5.74) is 0.667. The molecule has 0 spiro atoms. The van der Waals surface area contributed by atoms with E-state index in [0.29, 0.717) is 24.3 Å². The molecule has 0 radical (unpaired) electrons. The van der Waals surface area contributed by atoms with E-state index in [1.165, 1.54) is 32.1 Å². The van der Waals surface area contributed by atoms with Gasteiger partial charge in [-0.25, -0.2) is 8.78 Å². The molecule has 0 aliphatic heterocycles. The van der Waals surface area contributed by atoms with E-state index in [4.69, 9.17) is 0 Å². The molecule has 1 atom stereocenters. The third-order valence-electron chi connectivity index (χ3n) is 6.43. The summed E-state index contributed by atoms with van der Waals surface area (Å²) in [7, 11) is 0. The number of rotatable bonds is 5. The molecule has 1 aromatic carbocycles. The van der Waals surface area contributed by atoms with E-state index in [2.05, 4.69) is 11.7 Å². The van der Waals surface area contributed by atoms with Crippen molar-refractivity contribution in [3.8, 4) is 5.75 Å². The number of alkyl halides is 3. The molecule has 0 heterocycles. The average molecular weight is 390 g/mol. The van der Waals surface area contributed by atoms with Gasteiger partial charge in [0, 0.05) is 0 Å². The fourth-order valence-corrected chi connectivity index (χ4v) is 4.76. The third kappa shape index (κ3) is 5.14. The lowest BCUT2D eigenvalue weighted by atomic mass is 9.75. The summed E-state index contributed by atoms with van der Waals surface area (Å²) in [6, 6.07) is 1.03. The molecule has 1 unspecified atom stereocenters. The Morgan fingerprint density at radius 2 is 1.59 bits per heavy atom. The van der Waals surface area contributed by atoms with Crippen molar-refractivity contribution in [1.82, 2.24) is 0 Å². The van der Waals surface area contributed by atoms with Gasteiger partial charge in [0.15, 0.2) is 11.6 Å². The highest BCUT2D eigenvalue weighted by Crippen LogP contribution is 2.39. The summed E-state index contributed by atoms with van der Waals surface area (Å²) in [5.74, 6) is -1.85. The molecule has 2 aliphatic rings. The van der Waals surface area contributed by atoms with Crippen molar-refractivity contribution in [2.75, 3.05) is 0 Å². The van der Waals surface area contributed by atoms with Gasteiger partial charge in [-0.1, -0.05) is 45.4 Å². The van der Waals surface area contributed by atoms with Crippen LogP contribution in [0.15, 0.2) is 6.07 Å². The smallest absolute Gasteiger partial charge is 0.399 e. The van der Waals surface area contributed by atoms with Gasteiger partial charge in [0.05, 0.1) is 0 Å². The summed E-state index contributed by atoms with van der Waals surface area (Å²) >= 11 is 0. The lowest BCUT2D eigenvalue weighted by Gasteiger charge is -2.30. The maximum atomic E-state index is 14.4. The Kier molecular flexibility index (Phi) is 6.32. The number of hydrogen-bond acceptors (Lipinski definition) is 1. The lowest BCUT2D eigenvalue weighted by Crippen LogP contribution is -2.22. The monoisotopic (exact) mass is 390 g/mol. The Morgan fingerprint density at radius 1 is 0.963 bits per heavy atom. The van der Waals surface area contributed by atoms with Crippen molar-refractivity contribution >= 4 is 0 Å². The molecule has 3 rings (SSSR count). The fraction of sp³-hybridized carbons (Fsp3) is 0.714. The normalized spacial score (nSPS) is 25.9. The molecular weight excluding hydrogens is 363 g/mol. The quantitative estimate of drug-likeness (QED) is 0.494. The molecule has 1 nitrogen and oxygen atoms in total. The van der Waals surface area contributed by atoms with Crippen LogP contribution < -0.4 is 4.74 Å². The van der Waals surface area contributed by atoms with E-state index in [9.17, 15) is 22.0 Å². The predicted octanol–water partition coefficient (Wildman–Crippen LogP) is 6.96. The Hall–Kier alpha value is -1.33. The van der Waals surface area contributed by atoms with Crippen molar-refractivity contribution < 1.29 is 26.7 Å². The molecule has 0 saturated heterocycles. The van der Waals surface area contributed by atoms with Crippen molar-refractivity contribution in [3.05, 3.63) is 28.8 Å². The van der Waals surface area contributed by atoms with E-state index >= 15 is 0 Å². The fourth-order valence-electron chi connectivity index (χ4n) is 4.76. The van der Waals surface area contributed by atoms with E-state index in [-0.39, 0.29) is 5.56 Å². The predicted molar refractivity (Wildman–Crippen MR) is 93.5 cm³/mol. The minimum Gasteiger partial charge on any atom is -0.399 e. The van der Waals surface area contributed by atoms with E-state index in [0.717, 1.165) is 37.2 Å². The first-order valence-corrected chi connectivity index (χ1v) is 10.0. The lowest BCUT2D eigenvalue weighted by molar-refractivity contribution is -0.276. The summed E-state index contributed by atoms with van der Waals surface area (Å²) in [4.78, 5) is 0. The highest BCUT2D eigenvalue weighted by molar-refractivity contribution is 5.40.